The van der Waals surface area contributed by atoms with E-state index in [0.29, 0.717) is 10.7 Å². The monoisotopic (exact) mass is 429 g/mol. The van der Waals surface area contributed by atoms with Crippen molar-refractivity contribution in [1.29, 1.82) is 0 Å². The van der Waals surface area contributed by atoms with Crippen LogP contribution in [0.4, 0.5) is 5.69 Å². The van der Waals surface area contributed by atoms with Gasteiger partial charge < -0.3 is 14.2 Å². The summed E-state index contributed by atoms with van der Waals surface area (Å²) >= 11 is 1.43. The number of aryl methyl sites for hydroxylation is 1. The summed E-state index contributed by atoms with van der Waals surface area (Å²) in [6.07, 6.45) is 1.79. The third kappa shape index (κ3) is 4.30. The van der Waals surface area contributed by atoms with Crippen LogP contribution in [0.1, 0.15) is 11.3 Å². The average molecular weight is 430 g/mol. The lowest BCUT2D eigenvalue weighted by Gasteiger charge is -2.36. The molecule has 6 heteroatoms. The number of amides is 1. The lowest BCUT2D eigenvalue weighted by atomic mass is 10.1. The maximum absolute atomic E-state index is 12.5. The molecule has 5 nitrogen and oxygen atoms in total. The molecule has 1 aromatic heterocycles. The highest BCUT2D eigenvalue weighted by Crippen LogP contribution is 2.32. The summed E-state index contributed by atoms with van der Waals surface area (Å²) < 4.78 is 5.95. The van der Waals surface area contributed by atoms with Crippen LogP contribution in [0.25, 0.3) is 17.4 Å². The zero-order valence-corrected chi connectivity index (χ0v) is 18.1. The molecule has 5 rings (SSSR count). The quantitative estimate of drug-likeness (QED) is 0.546. The minimum absolute atomic E-state index is 0.196. The van der Waals surface area contributed by atoms with Crippen molar-refractivity contribution in [1.82, 2.24) is 4.90 Å². The Labute approximate surface area is 186 Å². The van der Waals surface area contributed by atoms with Gasteiger partial charge >= 0.3 is 0 Å². The Balaban J connectivity index is 1.23. The maximum Gasteiger partial charge on any atom is 0.286 e. The van der Waals surface area contributed by atoms with Crippen molar-refractivity contribution in [3.05, 3.63) is 83.0 Å². The van der Waals surface area contributed by atoms with Crippen molar-refractivity contribution in [2.24, 2.45) is 4.99 Å². The summed E-state index contributed by atoms with van der Waals surface area (Å²) in [5.74, 6) is 1.26. The number of thioether (sulfide) groups is 1. The number of nitrogens with zero attached hydrogens (tertiary/aromatic N) is 3. The molecule has 1 fully saturated rings. The lowest BCUT2D eigenvalue weighted by Crippen LogP contribution is -2.47. The van der Waals surface area contributed by atoms with E-state index in [-0.39, 0.29) is 5.91 Å². The molecule has 0 radical (unpaired) electrons. The zero-order chi connectivity index (χ0) is 21.2. The van der Waals surface area contributed by atoms with E-state index in [2.05, 4.69) is 58.1 Å². The summed E-state index contributed by atoms with van der Waals surface area (Å²) in [5, 5.41) is 0.786. The van der Waals surface area contributed by atoms with Crippen molar-refractivity contribution in [2.75, 3.05) is 31.1 Å². The van der Waals surface area contributed by atoms with Crippen molar-refractivity contribution < 1.29 is 9.21 Å². The molecular weight excluding hydrogens is 406 g/mol. The van der Waals surface area contributed by atoms with Gasteiger partial charge in [0.1, 0.15) is 11.5 Å². The number of furan rings is 1. The Morgan fingerprint density at radius 3 is 2.35 bits per heavy atom. The van der Waals surface area contributed by atoms with Crippen LogP contribution in [-0.4, -0.2) is 42.2 Å². The second-order valence-electron chi connectivity index (χ2n) is 7.69. The molecular formula is C25H23N3O2S. The highest BCUT2D eigenvalue weighted by atomic mass is 32.2. The Bertz CT molecular complexity index is 1140. The topological polar surface area (TPSA) is 49.0 Å². The molecule has 0 spiro atoms. The maximum atomic E-state index is 12.5. The molecule has 31 heavy (non-hydrogen) atoms. The predicted molar refractivity (Wildman–Crippen MR) is 127 cm³/mol. The Morgan fingerprint density at radius 2 is 1.61 bits per heavy atom. The molecule has 2 aromatic carbocycles. The zero-order valence-electron chi connectivity index (χ0n) is 17.3. The van der Waals surface area contributed by atoms with Gasteiger partial charge in [-0.05, 0) is 43.0 Å². The van der Waals surface area contributed by atoms with Crippen LogP contribution in [0.3, 0.4) is 0 Å². The molecule has 156 valence electrons. The number of hydrogen-bond donors (Lipinski definition) is 0. The minimum Gasteiger partial charge on any atom is -0.457 e. The van der Waals surface area contributed by atoms with Crippen molar-refractivity contribution in [3.8, 4) is 11.3 Å². The van der Waals surface area contributed by atoms with Gasteiger partial charge in [-0.25, -0.2) is 0 Å². The van der Waals surface area contributed by atoms with Crippen LogP contribution in [0, 0.1) is 6.92 Å². The average Bonchev–Trinajstić information content (AvgIpc) is 3.42. The molecule has 0 aliphatic carbocycles. The highest BCUT2D eigenvalue weighted by Gasteiger charge is 2.28. The Morgan fingerprint density at radius 1 is 0.903 bits per heavy atom. The summed E-state index contributed by atoms with van der Waals surface area (Å²) in [6.45, 7) is 5.58. The van der Waals surface area contributed by atoms with Gasteiger partial charge in [-0.15, -0.1) is 0 Å². The molecule has 0 unspecified atom stereocenters. The van der Waals surface area contributed by atoms with E-state index < -0.39 is 0 Å². The number of amidine groups is 1. The van der Waals surface area contributed by atoms with Crippen molar-refractivity contribution in [3.63, 3.8) is 0 Å². The first kappa shape index (κ1) is 19.7. The van der Waals surface area contributed by atoms with E-state index in [9.17, 15) is 4.79 Å². The van der Waals surface area contributed by atoms with Gasteiger partial charge in [-0.3, -0.25) is 4.79 Å². The Kier molecular flexibility index (Phi) is 5.38. The number of piperazine rings is 1. The van der Waals surface area contributed by atoms with E-state index in [0.717, 1.165) is 42.7 Å². The first-order valence-corrected chi connectivity index (χ1v) is 11.2. The highest BCUT2D eigenvalue weighted by molar-refractivity contribution is 8.18. The molecule has 0 atom stereocenters. The molecule has 3 heterocycles. The smallest absolute Gasteiger partial charge is 0.286 e. The van der Waals surface area contributed by atoms with Crippen LogP contribution in [0.5, 0.6) is 0 Å². The summed E-state index contributed by atoms with van der Waals surface area (Å²) in [4.78, 5) is 21.9. The molecule has 0 bridgehead atoms. The minimum atomic E-state index is -0.196. The second kappa shape index (κ2) is 8.47. The van der Waals surface area contributed by atoms with Gasteiger partial charge in [0.25, 0.3) is 5.91 Å². The first-order valence-electron chi connectivity index (χ1n) is 10.4. The van der Waals surface area contributed by atoms with E-state index in [1.165, 1.54) is 23.0 Å². The lowest BCUT2D eigenvalue weighted by molar-refractivity contribution is -0.113. The number of hydrogen-bond acceptors (Lipinski definition) is 5. The largest absolute Gasteiger partial charge is 0.457 e. The third-order valence-corrected chi connectivity index (χ3v) is 6.56. The first-order chi connectivity index (χ1) is 15.2. The number of aliphatic imine (C=N–C) groups is 1. The number of benzene rings is 2. The Hall–Kier alpha value is -3.25. The fourth-order valence-corrected chi connectivity index (χ4v) is 4.71. The summed E-state index contributed by atoms with van der Waals surface area (Å²) in [7, 11) is 0. The van der Waals surface area contributed by atoms with Gasteiger partial charge in [0, 0.05) is 43.5 Å². The van der Waals surface area contributed by atoms with E-state index in [1.54, 1.807) is 6.08 Å². The SMILES string of the molecule is Cc1ccc(-c2ccc(/C=C3\SC(N4CCN(c5ccccc5)CC4)=NC3=O)o2)cc1. The van der Waals surface area contributed by atoms with Gasteiger partial charge in [0.2, 0.25) is 0 Å². The number of carbonyl (C=O) groups excluding carboxylic acids is 1. The van der Waals surface area contributed by atoms with Crippen LogP contribution in [0.2, 0.25) is 0 Å². The van der Waals surface area contributed by atoms with Crippen molar-refractivity contribution >= 4 is 34.6 Å². The molecule has 3 aromatic rings. The van der Waals surface area contributed by atoms with Crippen LogP contribution in [-0.2, 0) is 4.79 Å². The van der Waals surface area contributed by atoms with Crippen LogP contribution in [0.15, 0.2) is 81.0 Å². The second-order valence-corrected chi connectivity index (χ2v) is 8.70. The molecule has 2 aliphatic rings. The number of rotatable bonds is 3. The molecule has 1 saturated heterocycles. The van der Waals surface area contributed by atoms with E-state index in [4.69, 9.17) is 4.42 Å². The number of carbonyl (C=O) groups is 1. The number of anilines is 1. The standard InChI is InChI=1S/C25H23N3O2S/c1-18-7-9-19(10-8-18)22-12-11-21(30-22)17-23-24(29)26-25(31-23)28-15-13-27(14-16-28)20-5-3-2-4-6-20/h2-12,17H,13-16H2,1H3/b23-17-. The van der Waals surface area contributed by atoms with Crippen LogP contribution < -0.4 is 4.90 Å². The predicted octanol–water partition coefficient (Wildman–Crippen LogP) is 5.05. The van der Waals surface area contributed by atoms with Gasteiger partial charge in [0.05, 0.1) is 4.91 Å². The molecule has 0 N–H and O–H groups in total. The van der Waals surface area contributed by atoms with E-state index in [1.807, 2.05) is 30.3 Å². The molecule has 2 aliphatic heterocycles. The normalized spacial score (nSPS) is 18.0. The third-order valence-electron chi connectivity index (χ3n) is 5.52. The van der Waals surface area contributed by atoms with Gasteiger partial charge in [-0.1, -0.05) is 48.0 Å². The molecule has 0 saturated carbocycles. The fraction of sp³-hybridized carbons (Fsp3) is 0.200. The van der Waals surface area contributed by atoms with Gasteiger partial charge in [0.15, 0.2) is 5.17 Å². The summed E-state index contributed by atoms with van der Waals surface area (Å²) in [6, 6.07) is 22.5. The van der Waals surface area contributed by atoms with Crippen molar-refractivity contribution in [2.45, 2.75) is 6.92 Å². The molecule has 1 amide bonds. The van der Waals surface area contributed by atoms with E-state index >= 15 is 0 Å². The van der Waals surface area contributed by atoms with Gasteiger partial charge in [-0.2, -0.15) is 4.99 Å². The summed E-state index contributed by atoms with van der Waals surface area (Å²) in [5.41, 5.74) is 3.47. The number of para-hydroxylation sites is 1. The van der Waals surface area contributed by atoms with Crippen LogP contribution >= 0.6 is 11.8 Å². The fourth-order valence-electron chi connectivity index (χ4n) is 3.76.